The van der Waals surface area contributed by atoms with E-state index in [1.165, 1.54) is 71.3 Å². The molecule has 2 nitrogen and oxygen atoms in total. The topological polar surface area (TPSA) is 15.6 Å². The average molecular weight is 575 g/mol. The van der Waals surface area contributed by atoms with E-state index in [1.807, 2.05) is 0 Å². The molecule has 7 aromatic carbocycles. The Hall–Kier alpha value is -5.73. The number of hydrogen-bond donors (Lipinski definition) is 0. The van der Waals surface area contributed by atoms with Crippen LogP contribution in [0.25, 0.3) is 60.1 Å². The Kier molecular flexibility index (Phi) is 5.99. The molecule has 2 aliphatic rings. The Bertz CT molecular complexity index is 2280. The zero-order chi connectivity index (χ0) is 29.7. The predicted octanol–water partition coefficient (Wildman–Crippen LogP) is 10.5. The highest BCUT2D eigenvalue weighted by Crippen LogP contribution is 2.45. The van der Waals surface area contributed by atoms with Crippen molar-refractivity contribution in [3.05, 3.63) is 175 Å². The summed E-state index contributed by atoms with van der Waals surface area (Å²) in [6.45, 7) is 0.810. The van der Waals surface area contributed by atoms with Crippen molar-refractivity contribution in [3.8, 4) is 22.3 Å². The first-order chi connectivity index (χ1) is 22.3. The summed E-state index contributed by atoms with van der Waals surface area (Å²) >= 11 is 0. The molecule has 0 fully saturated rings. The van der Waals surface area contributed by atoms with Gasteiger partial charge in [-0.25, -0.2) is 0 Å². The molecule has 0 bridgehead atoms. The van der Waals surface area contributed by atoms with Crippen LogP contribution in [0.2, 0.25) is 0 Å². The van der Waals surface area contributed by atoms with E-state index in [9.17, 15) is 0 Å². The van der Waals surface area contributed by atoms with Crippen molar-refractivity contribution in [3.63, 3.8) is 0 Å². The Morgan fingerprint density at radius 3 is 1.78 bits per heavy atom. The summed E-state index contributed by atoms with van der Waals surface area (Å²) < 4.78 is 0. The molecule has 2 aliphatic heterocycles. The summed E-state index contributed by atoms with van der Waals surface area (Å²) in [5.41, 5.74) is 9.83. The summed E-state index contributed by atoms with van der Waals surface area (Å²) in [6.07, 6.45) is 6.69. The van der Waals surface area contributed by atoms with Gasteiger partial charge in [-0.1, -0.05) is 146 Å². The lowest BCUT2D eigenvalue weighted by Crippen LogP contribution is -2.26. The van der Waals surface area contributed by atoms with E-state index in [2.05, 4.69) is 169 Å². The van der Waals surface area contributed by atoms with Crippen LogP contribution in [0.5, 0.6) is 0 Å². The van der Waals surface area contributed by atoms with E-state index >= 15 is 0 Å². The molecular formula is C43H30N2. The number of aliphatic imine (C=N–C) groups is 1. The minimum Gasteiger partial charge on any atom is -0.347 e. The van der Waals surface area contributed by atoms with E-state index in [0.717, 1.165) is 12.3 Å². The number of allylic oxidation sites excluding steroid dienone is 2. The zero-order valence-electron chi connectivity index (χ0n) is 24.8. The maximum absolute atomic E-state index is 5.14. The van der Waals surface area contributed by atoms with Crippen LogP contribution < -0.4 is 0 Å². The van der Waals surface area contributed by atoms with Crippen LogP contribution in [0.3, 0.4) is 0 Å². The van der Waals surface area contributed by atoms with Crippen LogP contribution in [-0.2, 0) is 0 Å². The first kappa shape index (κ1) is 25.7. The first-order valence-electron chi connectivity index (χ1n) is 15.6. The predicted molar refractivity (Wildman–Crippen MR) is 190 cm³/mol. The lowest BCUT2D eigenvalue weighted by molar-refractivity contribution is 0.395. The van der Waals surface area contributed by atoms with E-state index < -0.39 is 0 Å². The van der Waals surface area contributed by atoms with Crippen LogP contribution in [0, 0.1) is 0 Å². The van der Waals surface area contributed by atoms with Gasteiger partial charge in [0.15, 0.2) is 0 Å². The van der Waals surface area contributed by atoms with Crippen molar-refractivity contribution in [1.29, 1.82) is 0 Å². The molecule has 2 heterocycles. The highest BCUT2D eigenvalue weighted by Gasteiger charge is 2.26. The van der Waals surface area contributed by atoms with Gasteiger partial charge in [-0.2, -0.15) is 0 Å². The van der Waals surface area contributed by atoms with Crippen molar-refractivity contribution in [2.24, 2.45) is 4.99 Å². The van der Waals surface area contributed by atoms with E-state index in [4.69, 9.17) is 4.99 Å². The van der Waals surface area contributed by atoms with Crippen LogP contribution in [0.4, 0.5) is 0 Å². The van der Waals surface area contributed by atoms with Crippen molar-refractivity contribution in [2.75, 3.05) is 6.54 Å². The smallest absolute Gasteiger partial charge is 0.141 e. The van der Waals surface area contributed by atoms with E-state index in [0.29, 0.717) is 0 Å². The van der Waals surface area contributed by atoms with Gasteiger partial charge in [0, 0.05) is 6.20 Å². The Labute approximate surface area is 262 Å². The van der Waals surface area contributed by atoms with E-state index in [1.54, 1.807) is 0 Å². The quantitative estimate of drug-likeness (QED) is 0.191. The minimum atomic E-state index is 0.0365. The van der Waals surface area contributed by atoms with Crippen molar-refractivity contribution in [2.45, 2.75) is 6.17 Å². The summed E-state index contributed by atoms with van der Waals surface area (Å²) in [5.74, 6) is 0. The second-order valence-corrected chi connectivity index (χ2v) is 11.9. The molecule has 0 amide bonds. The summed E-state index contributed by atoms with van der Waals surface area (Å²) in [7, 11) is 0. The summed E-state index contributed by atoms with van der Waals surface area (Å²) in [5, 5.41) is 7.63. The Balaban J connectivity index is 1.15. The second kappa shape index (κ2) is 10.5. The van der Waals surface area contributed by atoms with Gasteiger partial charge < -0.3 is 4.90 Å². The molecule has 0 N–H and O–H groups in total. The molecule has 0 spiro atoms. The Morgan fingerprint density at radius 1 is 0.489 bits per heavy atom. The highest BCUT2D eigenvalue weighted by atomic mass is 15.3. The molecule has 212 valence electrons. The van der Waals surface area contributed by atoms with E-state index in [-0.39, 0.29) is 6.17 Å². The fraction of sp³-hybridized carbons (Fsp3) is 0.0465. The lowest BCUT2D eigenvalue weighted by Gasteiger charge is -2.23. The van der Waals surface area contributed by atoms with Gasteiger partial charge in [-0.05, 0) is 83.4 Å². The molecule has 1 unspecified atom stereocenters. The van der Waals surface area contributed by atoms with Gasteiger partial charge in [-0.3, -0.25) is 4.99 Å². The second-order valence-electron chi connectivity index (χ2n) is 11.9. The normalized spacial score (nSPS) is 15.8. The molecule has 0 aliphatic carbocycles. The summed E-state index contributed by atoms with van der Waals surface area (Å²) in [4.78, 5) is 7.45. The zero-order valence-corrected chi connectivity index (χ0v) is 24.8. The Morgan fingerprint density at radius 2 is 1.07 bits per heavy atom. The monoisotopic (exact) mass is 574 g/mol. The fourth-order valence-corrected chi connectivity index (χ4v) is 7.20. The average Bonchev–Trinajstić information content (AvgIpc) is 3.55. The van der Waals surface area contributed by atoms with Crippen LogP contribution in [0.1, 0.15) is 11.1 Å². The minimum absolute atomic E-state index is 0.0365. The first-order valence-corrected chi connectivity index (χ1v) is 15.6. The SMILES string of the molecule is C1=CN2CC(c3ccc(-c4c5ccccc5c(-c5cccc6ccccc56)c5ccccc45)cc3)=NC2C=C1c1ccccc1. The van der Waals surface area contributed by atoms with Crippen molar-refractivity contribution >= 4 is 43.6 Å². The highest BCUT2D eigenvalue weighted by molar-refractivity contribution is 6.23. The largest absolute Gasteiger partial charge is 0.347 e. The molecule has 0 saturated carbocycles. The van der Waals surface area contributed by atoms with Crippen LogP contribution in [-0.4, -0.2) is 23.3 Å². The standard InChI is InChI=1S/C43H30N2/c1-2-11-29(12-3-1)33-25-26-45-28-40(44-41(45)27-33)31-21-23-32(24-22-31)42-36-16-6-8-18-38(36)43(39-19-9-7-17-37(39)42)35-20-10-14-30-13-4-5-15-34(30)35/h1-27,41H,28H2. The van der Waals surface area contributed by atoms with Crippen molar-refractivity contribution in [1.82, 2.24) is 4.90 Å². The molecule has 0 saturated heterocycles. The van der Waals surface area contributed by atoms with Gasteiger partial charge in [0.1, 0.15) is 6.17 Å². The third-order valence-corrected chi connectivity index (χ3v) is 9.34. The van der Waals surface area contributed by atoms with Crippen molar-refractivity contribution < 1.29 is 0 Å². The third-order valence-electron chi connectivity index (χ3n) is 9.34. The molecular weight excluding hydrogens is 544 g/mol. The van der Waals surface area contributed by atoms with Crippen LogP contribution >= 0.6 is 0 Å². The maximum Gasteiger partial charge on any atom is 0.141 e. The third kappa shape index (κ3) is 4.29. The fourth-order valence-electron chi connectivity index (χ4n) is 7.20. The molecule has 2 heteroatoms. The molecule has 9 rings (SSSR count). The number of rotatable bonds is 4. The molecule has 0 aromatic heterocycles. The van der Waals surface area contributed by atoms with Gasteiger partial charge in [0.25, 0.3) is 0 Å². The molecule has 1 atom stereocenters. The van der Waals surface area contributed by atoms with Gasteiger partial charge in [0.05, 0.1) is 12.3 Å². The number of hydrogen-bond acceptors (Lipinski definition) is 2. The molecule has 0 radical (unpaired) electrons. The van der Waals surface area contributed by atoms with Gasteiger partial charge >= 0.3 is 0 Å². The number of nitrogens with zero attached hydrogens (tertiary/aromatic N) is 2. The van der Waals surface area contributed by atoms with Crippen LogP contribution in [0.15, 0.2) is 169 Å². The van der Waals surface area contributed by atoms with Gasteiger partial charge in [0.2, 0.25) is 0 Å². The number of benzene rings is 7. The maximum atomic E-state index is 5.14. The lowest BCUT2D eigenvalue weighted by atomic mass is 9.84. The van der Waals surface area contributed by atoms with Gasteiger partial charge in [-0.15, -0.1) is 0 Å². The molecule has 7 aromatic rings. The summed E-state index contributed by atoms with van der Waals surface area (Å²) in [6, 6.07) is 52.8. The number of fused-ring (bicyclic) bond motifs is 4. The molecule has 45 heavy (non-hydrogen) atoms.